The Morgan fingerprint density at radius 3 is 2.74 bits per heavy atom. The average Bonchev–Trinajstić information content (AvgIpc) is 2.35. The van der Waals surface area contributed by atoms with Gasteiger partial charge in [-0.05, 0) is 30.2 Å². The summed E-state index contributed by atoms with van der Waals surface area (Å²) in [7, 11) is 0. The zero-order valence-electron chi connectivity index (χ0n) is 11.0. The number of benzene rings is 1. The normalized spacial score (nSPS) is 10.9. The lowest BCUT2D eigenvalue weighted by Gasteiger charge is -2.06. The monoisotopic (exact) mass is 263 g/mol. The summed E-state index contributed by atoms with van der Waals surface area (Å²) in [6, 6.07) is 7.03. The minimum atomic E-state index is -1.19. The fourth-order valence-electron chi connectivity index (χ4n) is 1.42. The van der Waals surface area contributed by atoms with Crippen LogP contribution < -0.4 is 10.1 Å². The van der Waals surface area contributed by atoms with Crippen molar-refractivity contribution in [2.45, 2.75) is 20.3 Å². The highest BCUT2D eigenvalue weighted by Crippen LogP contribution is 2.15. The van der Waals surface area contributed by atoms with Gasteiger partial charge in [0.15, 0.2) is 0 Å². The Morgan fingerprint density at radius 2 is 2.16 bits per heavy atom. The summed E-state index contributed by atoms with van der Waals surface area (Å²) in [4.78, 5) is 21.9. The van der Waals surface area contributed by atoms with Crippen LogP contribution in [-0.2, 0) is 9.59 Å². The first-order chi connectivity index (χ1) is 9.02. The zero-order chi connectivity index (χ0) is 14.3. The third-order valence-corrected chi connectivity index (χ3v) is 2.18. The molecule has 5 heteroatoms. The lowest BCUT2D eigenvalue weighted by Crippen LogP contribution is -2.24. The Balaban J connectivity index is 2.93. The van der Waals surface area contributed by atoms with Gasteiger partial charge in [0, 0.05) is 6.92 Å². The van der Waals surface area contributed by atoms with Crippen LogP contribution in [0.5, 0.6) is 5.75 Å². The second kappa shape index (κ2) is 7.20. The molecule has 0 unspecified atom stereocenters. The van der Waals surface area contributed by atoms with Crippen LogP contribution in [0.3, 0.4) is 0 Å². The van der Waals surface area contributed by atoms with Gasteiger partial charge >= 0.3 is 5.97 Å². The maximum absolute atomic E-state index is 11.0. The Hall–Kier alpha value is -2.30. The van der Waals surface area contributed by atoms with E-state index in [1.807, 2.05) is 6.92 Å². The number of rotatable bonds is 6. The number of carbonyl (C=O) groups excluding carboxylic acids is 1. The smallest absolute Gasteiger partial charge is 0.352 e. The van der Waals surface area contributed by atoms with Crippen molar-refractivity contribution in [1.29, 1.82) is 0 Å². The minimum absolute atomic E-state index is 0.167. The quantitative estimate of drug-likeness (QED) is 0.770. The molecule has 1 rings (SSSR count). The number of nitrogens with one attached hydrogen (secondary N) is 1. The molecule has 1 amide bonds. The van der Waals surface area contributed by atoms with Gasteiger partial charge in [0.2, 0.25) is 5.91 Å². The number of ether oxygens (including phenoxy) is 1. The van der Waals surface area contributed by atoms with Gasteiger partial charge in [0.1, 0.15) is 11.4 Å². The van der Waals surface area contributed by atoms with E-state index in [-0.39, 0.29) is 5.70 Å². The minimum Gasteiger partial charge on any atom is -0.494 e. The zero-order valence-corrected chi connectivity index (χ0v) is 11.0. The van der Waals surface area contributed by atoms with E-state index in [1.165, 1.54) is 13.0 Å². The van der Waals surface area contributed by atoms with Crippen molar-refractivity contribution in [2.24, 2.45) is 0 Å². The molecule has 1 aromatic carbocycles. The predicted molar refractivity (Wildman–Crippen MR) is 71.7 cm³/mol. The van der Waals surface area contributed by atoms with Crippen LogP contribution in [0, 0.1) is 0 Å². The van der Waals surface area contributed by atoms with Crippen LogP contribution in [0.4, 0.5) is 0 Å². The summed E-state index contributed by atoms with van der Waals surface area (Å²) in [5.41, 5.74) is 0.486. The topological polar surface area (TPSA) is 75.6 Å². The molecule has 0 atom stereocenters. The van der Waals surface area contributed by atoms with Gasteiger partial charge in [-0.15, -0.1) is 0 Å². The van der Waals surface area contributed by atoms with E-state index in [2.05, 4.69) is 5.32 Å². The first-order valence-electron chi connectivity index (χ1n) is 5.98. The molecule has 19 heavy (non-hydrogen) atoms. The van der Waals surface area contributed by atoms with Gasteiger partial charge in [0.05, 0.1) is 6.61 Å². The summed E-state index contributed by atoms with van der Waals surface area (Å²) in [5, 5.41) is 11.3. The SMILES string of the molecule is CCCOc1cccc(C=C(NC(C)=O)C(=O)O)c1. The van der Waals surface area contributed by atoms with Crippen LogP contribution >= 0.6 is 0 Å². The van der Waals surface area contributed by atoms with E-state index in [1.54, 1.807) is 24.3 Å². The van der Waals surface area contributed by atoms with Crippen LogP contribution in [-0.4, -0.2) is 23.6 Å². The van der Waals surface area contributed by atoms with E-state index in [0.29, 0.717) is 17.9 Å². The van der Waals surface area contributed by atoms with Crippen LogP contribution in [0.2, 0.25) is 0 Å². The molecule has 0 aliphatic rings. The lowest BCUT2D eigenvalue weighted by atomic mass is 10.2. The lowest BCUT2D eigenvalue weighted by molar-refractivity contribution is -0.134. The standard InChI is InChI=1S/C14H17NO4/c1-3-7-19-12-6-4-5-11(8-12)9-13(14(17)18)15-10(2)16/h4-6,8-9H,3,7H2,1-2H3,(H,15,16)(H,17,18). The number of carboxylic acid groups (broad SMARTS) is 1. The highest BCUT2D eigenvalue weighted by atomic mass is 16.5. The van der Waals surface area contributed by atoms with Gasteiger partial charge in [-0.25, -0.2) is 4.79 Å². The number of carbonyl (C=O) groups is 2. The van der Waals surface area contributed by atoms with Gasteiger partial charge in [-0.3, -0.25) is 4.79 Å². The summed E-state index contributed by atoms with van der Waals surface area (Å²) in [5.74, 6) is -0.940. The largest absolute Gasteiger partial charge is 0.494 e. The molecule has 0 spiro atoms. The second-order valence-corrected chi connectivity index (χ2v) is 3.97. The third kappa shape index (κ3) is 5.25. The summed E-state index contributed by atoms with van der Waals surface area (Å²) in [6.45, 7) is 3.87. The molecule has 0 bridgehead atoms. The Kier molecular flexibility index (Phi) is 5.60. The Labute approximate surface area is 111 Å². The number of carboxylic acids is 1. The van der Waals surface area contributed by atoms with Gasteiger partial charge in [0.25, 0.3) is 0 Å². The molecule has 0 aliphatic carbocycles. The van der Waals surface area contributed by atoms with Crippen LogP contribution in [0.25, 0.3) is 6.08 Å². The Bertz CT molecular complexity index is 494. The van der Waals surface area contributed by atoms with E-state index in [0.717, 1.165) is 6.42 Å². The number of amides is 1. The molecule has 0 fully saturated rings. The van der Waals surface area contributed by atoms with Crippen LogP contribution in [0.1, 0.15) is 25.8 Å². The van der Waals surface area contributed by atoms with Gasteiger partial charge < -0.3 is 15.2 Å². The molecule has 1 aromatic rings. The molecular weight excluding hydrogens is 246 g/mol. The highest BCUT2D eigenvalue weighted by Gasteiger charge is 2.08. The first kappa shape index (κ1) is 14.8. The van der Waals surface area contributed by atoms with Crippen molar-refractivity contribution in [1.82, 2.24) is 5.32 Å². The molecule has 5 nitrogen and oxygen atoms in total. The maximum atomic E-state index is 11.0. The van der Waals surface area contributed by atoms with Crippen molar-refractivity contribution in [3.05, 3.63) is 35.5 Å². The van der Waals surface area contributed by atoms with Gasteiger partial charge in [-0.2, -0.15) is 0 Å². The fourth-order valence-corrected chi connectivity index (χ4v) is 1.42. The van der Waals surface area contributed by atoms with E-state index >= 15 is 0 Å². The predicted octanol–water partition coefficient (Wildman–Crippen LogP) is 2.04. The number of hydrogen-bond donors (Lipinski definition) is 2. The maximum Gasteiger partial charge on any atom is 0.352 e. The second-order valence-electron chi connectivity index (χ2n) is 3.97. The van der Waals surface area contributed by atoms with Crippen LogP contribution in [0.15, 0.2) is 30.0 Å². The van der Waals surface area contributed by atoms with Crippen molar-refractivity contribution < 1.29 is 19.4 Å². The van der Waals surface area contributed by atoms with E-state index in [9.17, 15) is 9.59 Å². The molecule has 0 aromatic heterocycles. The molecule has 0 saturated heterocycles. The summed E-state index contributed by atoms with van der Waals surface area (Å²) >= 11 is 0. The molecule has 0 radical (unpaired) electrons. The van der Waals surface area contributed by atoms with E-state index < -0.39 is 11.9 Å². The molecule has 0 aliphatic heterocycles. The van der Waals surface area contributed by atoms with Crippen molar-refractivity contribution >= 4 is 18.0 Å². The van der Waals surface area contributed by atoms with Crippen molar-refractivity contribution in [2.75, 3.05) is 6.61 Å². The molecular formula is C14H17NO4. The van der Waals surface area contributed by atoms with Crippen molar-refractivity contribution in [3.63, 3.8) is 0 Å². The summed E-state index contributed by atoms with van der Waals surface area (Å²) in [6.07, 6.45) is 2.29. The summed E-state index contributed by atoms with van der Waals surface area (Å²) < 4.78 is 5.45. The van der Waals surface area contributed by atoms with Gasteiger partial charge in [-0.1, -0.05) is 19.1 Å². The third-order valence-electron chi connectivity index (χ3n) is 2.18. The average molecular weight is 263 g/mol. The fraction of sp³-hybridized carbons (Fsp3) is 0.286. The van der Waals surface area contributed by atoms with Crippen molar-refractivity contribution in [3.8, 4) is 5.75 Å². The van der Waals surface area contributed by atoms with E-state index in [4.69, 9.17) is 9.84 Å². The number of aliphatic carboxylic acids is 1. The molecule has 0 heterocycles. The highest BCUT2D eigenvalue weighted by molar-refractivity contribution is 5.96. The number of hydrogen-bond acceptors (Lipinski definition) is 3. The first-order valence-corrected chi connectivity index (χ1v) is 5.98. The molecule has 102 valence electrons. The molecule has 2 N–H and O–H groups in total. The Morgan fingerprint density at radius 1 is 1.42 bits per heavy atom. The molecule has 0 saturated carbocycles.